The van der Waals surface area contributed by atoms with Crippen LogP contribution in [-0.4, -0.2) is 35.0 Å². The average molecular weight is 288 g/mol. The largest absolute Gasteiger partial charge is 0.363 e. The molecule has 2 aromatic heterocycles. The van der Waals surface area contributed by atoms with Crippen LogP contribution in [0.4, 0.5) is 5.82 Å². The zero-order valence-electron chi connectivity index (χ0n) is 13.0. The summed E-state index contributed by atoms with van der Waals surface area (Å²) in [5.74, 6) is 1.44. The summed E-state index contributed by atoms with van der Waals surface area (Å²) in [5.41, 5.74) is 2.47. The number of aromatic nitrogens is 2. The molecule has 6 nitrogen and oxygen atoms in total. The third-order valence-corrected chi connectivity index (χ3v) is 3.30. The molecule has 0 saturated carbocycles. The molecular formula is C15H20N4O2. The Labute approximate surface area is 124 Å². The second-order valence-electron chi connectivity index (χ2n) is 5.24. The maximum absolute atomic E-state index is 11.8. The van der Waals surface area contributed by atoms with Crippen LogP contribution >= 0.6 is 0 Å². The lowest BCUT2D eigenvalue weighted by atomic mass is 10.1. The summed E-state index contributed by atoms with van der Waals surface area (Å²) >= 11 is 0. The van der Waals surface area contributed by atoms with E-state index in [9.17, 15) is 4.79 Å². The van der Waals surface area contributed by atoms with Gasteiger partial charge in [-0.15, -0.1) is 0 Å². The van der Waals surface area contributed by atoms with Crippen LogP contribution in [0, 0.1) is 13.8 Å². The first-order valence-electron chi connectivity index (χ1n) is 6.77. The summed E-state index contributed by atoms with van der Waals surface area (Å²) in [6.07, 6.45) is 1.57. The van der Waals surface area contributed by atoms with Gasteiger partial charge in [0.1, 0.15) is 11.6 Å². The van der Waals surface area contributed by atoms with Crippen molar-refractivity contribution in [3.05, 3.63) is 40.9 Å². The van der Waals surface area contributed by atoms with Crippen molar-refractivity contribution >= 4 is 11.7 Å². The maximum Gasteiger partial charge on any atom is 0.254 e. The normalized spacial score (nSPS) is 12.0. The minimum atomic E-state index is -0.0622. The Morgan fingerprint density at radius 3 is 2.52 bits per heavy atom. The maximum atomic E-state index is 11.8. The standard InChI is InChI=1S/C15H20N4O2/c1-9(14-10(2)18-21-11(14)3)17-13-7-6-12(8-16-13)15(20)19(4)5/h6-9H,1-5H3,(H,16,17). The number of amides is 1. The molecule has 2 rings (SSSR count). The summed E-state index contributed by atoms with van der Waals surface area (Å²) in [7, 11) is 3.43. The van der Waals surface area contributed by atoms with Gasteiger partial charge in [0.05, 0.1) is 17.3 Å². The molecule has 0 spiro atoms. The molecule has 0 fully saturated rings. The second-order valence-corrected chi connectivity index (χ2v) is 5.24. The number of carbonyl (C=O) groups is 1. The van der Waals surface area contributed by atoms with Gasteiger partial charge in [0, 0.05) is 25.9 Å². The Kier molecular flexibility index (Phi) is 4.26. The topological polar surface area (TPSA) is 71.3 Å². The molecule has 21 heavy (non-hydrogen) atoms. The van der Waals surface area contributed by atoms with Crippen LogP contribution in [0.1, 0.15) is 40.3 Å². The van der Waals surface area contributed by atoms with Crippen LogP contribution < -0.4 is 5.32 Å². The van der Waals surface area contributed by atoms with Crippen molar-refractivity contribution in [3.63, 3.8) is 0 Å². The lowest BCUT2D eigenvalue weighted by Gasteiger charge is -2.15. The van der Waals surface area contributed by atoms with E-state index in [2.05, 4.69) is 15.5 Å². The Hall–Kier alpha value is -2.37. The summed E-state index contributed by atoms with van der Waals surface area (Å²) in [5, 5.41) is 7.24. The van der Waals surface area contributed by atoms with E-state index < -0.39 is 0 Å². The van der Waals surface area contributed by atoms with Crippen molar-refractivity contribution in [3.8, 4) is 0 Å². The molecule has 0 radical (unpaired) electrons. The number of rotatable bonds is 4. The molecular weight excluding hydrogens is 268 g/mol. The summed E-state index contributed by atoms with van der Waals surface area (Å²) in [6.45, 7) is 5.82. The van der Waals surface area contributed by atoms with Crippen LogP contribution in [0.3, 0.4) is 0 Å². The predicted octanol–water partition coefficient (Wildman–Crippen LogP) is 2.56. The molecule has 2 aromatic rings. The van der Waals surface area contributed by atoms with E-state index in [1.165, 1.54) is 4.90 Å². The van der Waals surface area contributed by atoms with Crippen LogP contribution in [0.15, 0.2) is 22.9 Å². The van der Waals surface area contributed by atoms with Crippen LogP contribution in [0.2, 0.25) is 0 Å². The molecule has 0 aliphatic heterocycles. The van der Waals surface area contributed by atoms with Crippen molar-refractivity contribution < 1.29 is 9.32 Å². The molecule has 0 saturated heterocycles. The van der Waals surface area contributed by atoms with Gasteiger partial charge in [-0.1, -0.05) is 5.16 Å². The molecule has 6 heteroatoms. The first-order chi connectivity index (χ1) is 9.90. The Balaban J connectivity index is 2.12. The van der Waals surface area contributed by atoms with Crippen LogP contribution in [0.25, 0.3) is 0 Å². The summed E-state index contributed by atoms with van der Waals surface area (Å²) in [4.78, 5) is 17.6. The van der Waals surface area contributed by atoms with E-state index in [0.717, 1.165) is 17.0 Å². The highest BCUT2D eigenvalue weighted by molar-refractivity contribution is 5.93. The van der Waals surface area contributed by atoms with Gasteiger partial charge in [0.25, 0.3) is 5.91 Å². The lowest BCUT2D eigenvalue weighted by molar-refractivity contribution is 0.0827. The van der Waals surface area contributed by atoms with Gasteiger partial charge in [-0.3, -0.25) is 4.79 Å². The fraction of sp³-hybridized carbons (Fsp3) is 0.400. The highest BCUT2D eigenvalue weighted by Crippen LogP contribution is 2.24. The minimum Gasteiger partial charge on any atom is -0.363 e. The zero-order chi connectivity index (χ0) is 15.6. The van der Waals surface area contributed by atoms with Crippen molar-refractivity contribution in [2.45, 2.75) is 26.8 Å². The fourth-order valence-corrected chi connectivity index (χ4v) is 2.27. The van der Waals surface area contributed by atoms with E-state index in [4.69, 9.17) is 4.52 Å². The molecule has 1 unspecified atom stereocenters. The van der Waals surface area contributed by atoms with Gasteiger partial charge in [0.2, 0.25) is 0 Å². The van der Waals surface area contributed by atoms with E-state index in [-0.39, 0.29) is 11.9 Å². The Morgan fingerprint density at radius 1 is 1.33 bits per heavy atom. The number of pyridine rings is 1. The third-order valence-electron chi connectivity index (χ3n) is 3.30. The molecule has 0 aliphatic carbocycles. The van der Waals surface area contributed by atoms with Gasteiger partial charge in [-0.25, -0.2) is 4.98 Å². The molecule has 1 N–H and O–H groups in total. The lowest BCUT2D eigenvalue weighted by Crippen LogP contribution is -2.21. The Bertz CT molecular complexity index is 612. The first kappa shape index (κ1) is 15.0. The van der Waals surface area contributed by atoms with Gasteiger partial charge in [-0.2, -0.15) is 0 Å². The van der Waals surface area contributed by atoms with Gasteiger partial charge in [-0.05, 0) is 32.9 Å². The van der Waals surface area contributed by atoms with E-state index in [0.29, 0.717) is 11.4 Å². The molecule has 0 bridgehead atoms. The number of hydrogen-bond acceptors (Lipinski definition) is 5. The summed E-state index contributed by atoms with van der Waals surface area (Å²) in [6, 6.07) is 3.59. The SMILES string of the molecule is Cc1noc(C)c1C(C)Nc1ccc(C(=O)N(C)C)cn1. The predicted molar refractivity (Wildman–Crippen MR) is 80.3 cm³/mol. The van der Waals surface area contributed by atoms with E-state index in [1.54, 1.807) is 32.4 Å². The zero-order valence-corrected chi connectivity index (χ0v) is 13.0. The number of nitrogens with one attached hydrogen (secondary N) is 1. The minimum absolute atomic E-state index is 0.0270. The molecule has 1 amide bonds. The molecule has 1 atom stereocenters. The number of hydrogen-bond donors (Lipinski definition) is 1. The third kappa shape index (κ3) is 3.21. The van der Waals surface area contributed by atoms with Crippen LogP contribution in [0.5, 0.6) is 0 Å². The average Bonchev–Trinajstić information content (AvgIpc) is 2.78. The highest BCUT2D eigenvalue weighted by atomic mass is 16.5. The highest BCUT2D eigenvalue weighted by Gasteiger charge is 2.16. The number of carbonyl (C=O) groups excluding carboxylic acids is 1. The van der Waals surface area contributed by atoms with E-state index >= 15 is 0 Å². The number of nitrogens with zero attached hydrogens (tertiary/aromatic N) is 3. The molecule has 0 aliphatic rings. The van der Waals surface area contributed by atoms with E-state index in [1.807, 2.05) is 20.8 Å². The smallest absolute Gasteiger partial charge is 0.254 e. The quantitative estimate of drug-likeness (QED) is 0.936. The van der Waals surface area contributed by atoms with Crippen molar-refractivity contribution in [2.75, 3.05) is 19.4 Å². The van der Waals surface area contributed by atoms with Crippen LogP contribution in [-0.2, 0) is 0 Å². The molecule has 0 aromatic carbocycles. The van der Waals surface area contributed by atoms with Gasteiger partial charge >= 0.3 is 0 Å². The van der Waals surface area contributed by atoms with Gasteiger partial charge in [0.15, 0.2) is 0 Å². The second kappa shape index (κ2) is 5.95. The number of anilines is 1. The molecule has 2 heterocycles. The number of aryl methyl sites for hydroxylation is 2. The van der Waals surface area contributed by atoms with Gasteiger partial charge < -0.3 is 14.7 Å². The monoisotopic (exact) mass is 288 g/mol. The van der Waals surface area contributed by atoms with Crippen molar-refractivity contribution in [1.29, 1.82) is 0 Å². The Morgan fingerprint density at radius 2 is 2.05 bits per heavy atom. The van der Waals surface area contributed by atoms with Crippen molar-refractivity contribution in [1.82, 2.24) is 15.0 Å². The summed E-state index contributed by atoms with van der Waals surface area (Å²) < 4.78 is 5.17. The fourth-order valence-electron chi connectivity index (χ4n) is 2.27. The van der Waals surface area contributed by atoms with Crippen molar-refractivity contribution in [2.24, 2.45) is 0 Å². The first-order valence-corrected chi connectivity index (χ1v) is 6.77. The molecule has 112 valence electrons.